The second-order valence-corrected chi connectivity index (χ2v) is 9.71. The highest BCUT2D eigenvalue weighted by molar-refractivity contribution is 5.87. The first-order valence-corrected chi connectivity index (χ1v) is 12.8. The number of fused-ring (bicyclic) bond motifs is 1. The smallest absolute Gasteiger partial charge is 0.246 e. The highest BCUT2D eigenvalue weighted by Crippen LogP contribution is 2.36. The van der Waals surface area contributed by atoms with Crippen LogP contribution < -0.4 is 9.80 Å². The molecule has 4 heterocycles. The van der Waals surface area contributed by atoms with Crippen LogP contribution in [0.1, 0.15) is 41.5 Å². The lowest BCUT2D eigenvalue weighted by molar-refractivity contribution is -0.126. The summed E-state index contributed by atoms with van der Waals surface area (Å²) in [4.78, 5) is 26.2. The number of rotatable bonds is 5. The standard InChI is InChI=1S/C28H34N6O/c1-2-26(35)32-15-17-34(18-16-32)27-23-11-14-31(20-22-9-5-3-6-10-22)21-25(23)24(19-29)28(30-27)33-12-7-4-8-13-33/h2-3,5-6,9-10H,1,4,7-8,11-18,20-21H2. The van der Waals surface area contributed by atoms with Crippen LogP contribution in [-0.4, -0.2) is 66.5 Å². The molecule has 2 saturated heterocycles. The summed E-state index contributed by atoms with van der Waals surface area (Å²) >= 11 is 0. The molecule has 35 heavy (non-hydrogen) atoms. The second-order valence-electron chi connectivity index (χ2n) is 9.71. The van der Waals surface area contributed by atoms with Crippen LogP contribution >= 0.6 is 0 Å². The van der Waals surface area contributed by atoms with E-state index in [4.69, 9.17) is 4.98 Å². The van der Waals surface area contributed by atoms with Crippen molar-refractivity contribution in [2.45, 2.75) is 38.8 Å². The van der Waals surface area contributed by atoms with Crippen molar-refractivity contribution < 1.29 is 4.79 Å². The van der Waals surface area contributed by atoms with Gasteiger partial charge in [0.05, 0.1) is 5.56 Å². The van der Waals surface area contributed by atoms with Gasteiger partial charge in [-0.05, 0) is 42.9 Å². The molecule has 7 nitrogen and oxygen atoms in total. The summed E-state index contributed by atoms with van der Waals surface area (Å²) in [5, 5.41) is 10.3. The summed E-state index contributed by atoms with van der Waals surface area (Å²) in [6.45, 7) is 11.0. The van der Waals surface area contributed by atoms with Crippen LogP contribution in [0.15, 0.2) is 43.0 Å². The molecule has 0 spiro atoms. The van der Waals surface area contributed by atoms with Crippen molar-refractivity contribution >= 4 is 17.5 Å². The molecule has 3 aliphatic rings. The van der Waals surface area contributed by atoms with Crippen LogP contribution in [-0.2, 0) is 24.3 Å². The van der Waals surface area contributed by atoms with Crippen molar-refractivity contribution in [3.05, 3.63) is 65.2 Å². The Morgan fingerprint density at radius 1 is 0.943 bits per heavy atom. The number of pyridine rings is 1. The summed E-state index contributed by atoms with van der Waals surface area (Å²) in [5.41, 5.74) is 4.41. The number of carbonyl (C=O) groups is 1. The molecule has 3 aliphatic heterocycles. The molecule has 0 N–H and O–H groups in total. The zero-order chi connectivity index (χ0) is 24.2. The maximum absolute atomic E-state index is 12.1. The van der Waals surface area contributed by atoms with E-state index < -0.39 is 0 Å². The van der Waals surface area contributed by atoms with Crippen LogP contribution in [0.2, 0.25) is 0 Å². The van der Waals surface area contributed by atoms with Gasteiger partial charge in [0, 0.05) is 64.5 Å². The maximum Gasteiger partial charge on any atom is 0.246 e. The van der Waals surface area contributed by atoms with Gasteiger partial charge in [-0.3, -0.25) is 9.69 Å². The number of carbonyl (C=O) groups excluding carboxylic acids is 1. The Morgan fingerprint density at radius 3 is 2.34 bits per heavy atom. The summed E-state index contributed by atoms with van der Waals surface area (Å²) in [7, 11) is 0. The SMILES string of the molecule is C=CC(=O)N1CCN(c2nc(N3CCCCC3)c(C#N)c3c2CCN(Cc2ccccc2)C3)CC1. The lowest BCUT2D eigenvalue weighted by Crippen LogP contribution is -2.49. The molecule has 182 valence electrons. The number of benzene rings is 1. The molecule has 1 aromatic carbocycles. The number of piperazine rings is 1. The van der Waals surface area contributed by atoms with Gasteiger partial charge >= 0.3 is 0 Å². The molecular formula is C28H34N6O. The van der Waals surface area contributed by atoms with E-state index in [0.29, 0.717) is 13.1 Å². The molecule has 0 radical (unpaired) electrons. The van der Waals surface area contributed by atoms with Gasteiger partial charge in [-0.1, -0.05) is 36.9 Å². The minimum Gasteiger partial charge on any atom is -0.355 e. The third-order valence-electron chi connectivity index (χ3n) is 7.51. The number of aromatic nitrogens is 1. The monoisotopic (exact) mass is 470 g/mol. The van der Waals surface area contributed by atoms with E-state index in [0.717, 1.165) is 87.8 Å². The molecule has 0 atom stereocenters. The Bertz CT molecular complexity index is 1110. The van der Waals surface area contributed by atoms with Crippen molar-refractivity contribution in [2.75, 3.05) is 55.6 Å². The highest BCUT2D eigenvalue weighted by Gasteiger charge is 2.31. The van der Waals surface area contributed by atoms with E-state index in [9.17, 15) is 10.1 Å². The molecular weight excluding hydrogens is 436 g/mol. The summed E-state index contributed by atoms with van der Waals surface area (Å²) in [6, 6.07) is 13.1. The van der Waals surface area contributed by atoms with Crippen LogP contribution in [0.3, 0.4) is 0 Å². The fourth-order valence-corrected chi connectivity index (χ4v) is 5.61. The number of amides is 1. The molecule has 0 aliphatic carbocycles. The van der Waals surface area contributed by atoms with E-state index >= 15 is 0 Å². The first-order valence-electron chi connectivity index (χ1n) is 12.8. The van der Waals surface area contributed by atoms with Gasteiger partial charge in [0.25, 0.3) is 0 Å². The zero-order valence-electron chi connectivity index (χ0n) is 20.5. The van der Waals surface area contributed by atoms with Crippen LogP contribution in [0.25, 0.3) is 0 Å². The lowest BCUT2D eigenvalue weighted by atomic mass is 9.94. The van der Waals surface area contributed by atoms with Gasteiger partial charge in [-0.2, -0.15) is 5.26 Å². The predicted octanol–water partition coefficient (Wildman–Crippen LogP) is 3.34. The number of piperidine rings is 1. The average Bonchev–Trinajstić information content (AvgIpc) is 2.92. The highest BCUT2D eigenvalue weighted by atomic mass is 16.2. The van der Waals surface area contributed by atoms with Crippen LogP contribution in [0.5, 0.6) is 0 Å². The molecule has 5 rings (SSSR count). The summed E-state index contributed by atoms with van der Waals surface area (Å²) < 4.78 is 0. The van der Waals surface area contributed by atoms with Gasteiger partial charge < -0.3 is 14.7 Å². The molecule has 0 unspecified atom stereocenters. The molecule has 0 bridgehead atoms. The average molecular weight is 471 g/mol. The number of hydrogen-bond donors (Lipinski definition) is 0. The van der Waals surface area contributed by atoms with Crippen molar-refractivity contribution in [1.29, 1.82) is 5.26 Å². The van der Waals surface area contributed by atoms with Gasteiger partial charge in [0.15, 0.2) is 0 Å². The van der Waals surface area contributed by atoms with Crippen LogP contribution in [0.4, 0.5) is 11.6 Å². The Hall–Kier alpha value is -3.37. The fraction of sp³-hybridized carbons (Fsp3) is 0.464. The number of anilines is 2. The van der Waals surface area contributed by atoms with Crippen molar-refractivity contribution in [3.8, 4) is 6.07 Å². The molecule has 2 aromatic rings. The molecule has 1 aromatic heterocycles. The van der Waals surface area contributed by atoms with E-state index in [1.165, 1.54) is 23.6 Å². The number of hydrogen-bond acceptors (Lipinski definition) is 6. The van der Waals surface area contributed by atoms with Gasteiger partial charge in [0.2, 0.25) is 5.91 Å². The van der Waals surface area contributed by atoms with Crippen molar-refractivity contribution in [1.82, 2.24) is 14.8 Å². The zero-order valence-corrected chi connectivity index (χ0v) is 20.5. The Balaban J connectivity index is 1.49. The minimum absolute atomic E-state index is 0.00924. The number of nitriles is 1. The summed E-state index contributed by atoms with van der Waals surface area (Å²) in [5.74, 6) is 1.86. The number of nitrogens with zero attached hydrogens (tertiary/aromatic N) is 6. The van der Waals surface area contributed by atoms with Crippen LogP contribution in [0, 0.1) is 11.3 Å². The second kappa shape index (κ2) is 10.5. The Kier molecular flexibility index (Phi) is 7.01. The normalized spacial score (nSPS) is 18.7. The molecule has 1 amide bonds. The molecule has 0 saturated carbocycles. The topological polar surface area (TPSA) is 66.7 Å². The van der Waals surface area contributed by atoms with Crippen molar-refractivity contribution in [3.63, 3.8) is 0 Å². The molecule has 2 fully saturated rings. The predicted molar refractivity (Wildman–Crippen MR) is 138 cm³/mol. The third-order valence-corrected chi connectivity index (χ3v) is 7.51. The fourth-order valence-electron chi connectivity index (χ4n) is 5.61. The van der Waals surface area contributed by atoms with Crippen molar-refractivity contribution in [2.24, 2.45) is 0 Å². The minimum atomic E-state index is -0.00924. The van der Waals surface area contributed by atoms with E-state index in [1.807, 2.05) is 11.0 Å². The maximum atomic E-state index is 12.1. The van der Waals surface area contributed by atoms with E-state index in [-0.39, 0.29) is 5.91 Å². The van der Waals surface area contributed by atoms with E-state index in [1.54, 1.807) is 0 Å². The van der Waals surface area contributed by atoms with Gasteiger partial charge in [0.1, 0.15) is 17.7 Å². The van der Waals surface area contributed by atoms with E-state index in [2.05, 4.69) is 51.6 Å². The largest absolute Gasteiger partial charge is 0.355 e. The lowest BCUT2D eigenvalue weighted by Gasteiger charge is -2.39. The Morgan fingerprint density at radius 2 is 1.66 bits per heavy atom. The third kappa shape index (κ3) is 4.89. The summed E-state index contributed by atoms with van der Waals surface area (Å²) in [6.07, 6.45) is 5.79. The quantitative estimate of drug-likeness (QED) is 0.625. The first kappa shape index (κ1) is 23.4. The van der Waals surface area contributed by atoms with Gasteiger partial charge in [-0.25, -0.2) is 4.98 Å². The first-order chi connectivity index (χ1) is 17.2. The Labute approximate surface area is 208 Å². The van der Waals surface area contributed by atoms with Gasteiger partial charge in [-0.15, -0.1) is 0 Å². The molecule has 7 heteroatoms.